The molecule has 0 spiro atoms. The second-order valence-electron chi connectivity index (χ2n) is 1.72. The molecule has 0 radical (unpaired) electrons. The van der Waals surface area contributed by atoms with Gasteiger partial charge in [0.05, 0.1) is 0 Å². The summed E-state index contributed by atoms with van der Waals surface area (Å²) in [6.07, 6.45) is 0.595. The second-order valence-corrected chi connectivity index (χ2v) is 4.44. The minimum atomic E-state index is -5.21. The molecule has 82 valence electrons. The SMILES string of the molecule is C=CC(=O)OOP(=O)(O)OP(=O)(O)O. The predicted octanol–water partition coefficient (Wildman–Crippen LogP) is -0.143. The van der Waals surface area contributed by atoms with Crippen molar-refractivity contribution in [3.05, 3.63) is 12.7 Å². The average Bonchev–Trinajstić information content (AvgIpc) is 1.96. The van der Waals surface area contributed by atoms with E-state index >= 15 is 0 Å². The Kier molecular flexibility index (Phi) is 4.63. The number of hydrogen-bond donors (Lipinski definition) is 3. The predicted molar refractivity (Wildman–Crippen MR) is 40.3 cm³/mol. The number of carbonyl (C=O) groups excluding carboxylic acids is 1. The van der Waals surface area contributed by atoms with Gasteiger partial charge in [-0.3, -0.25) is 4.89 Å². The van der Waals surface area contributed by atoms with E-state index in [1.165, 1.54) is 0 Å². The molecule has 0 bridgehead atoms. The fourth-order valence-corrected chi connectivity index (χ4v) is 1.62. The number of carbonyl (C=O) groups is 1. The first-order valence-corrected chi connectivity index (χ1v) is 5.81. The Labute approximate surface area is 77.7 Å². The van der Waals surface area contributed by atoms with Crippen LogP contribution in [0, 0.1) is 0 Å². The van der Waals surface area contributed by atoms with Gasteiger partial charge in [-0.05, 0) is 0 Å². The average molecular weight is 248 g/mol. The largest absolute Gasteiger partial charge is 0.517 e. The standard InChI is InChI=1S/C3H6O9P2/c1-2-3(4)10-11-14(8,9)12-13(5,6)7/h2H,1H2,(H,8,9)(H2,5,6,7). The van der Waals surface area contributed by atoms with Crippen LogP contribution in [0.25, 0.3) is 0 Å². The van der Waals surface area contributed by atoms with Crippen LogP contribution in [0.3, 0.4) is 0 Å². The highest BCUT2D eigenvalue weighted by Crippen LogP contribution is 2.57. The molecule has 0 fully saturated rings. The molecule has 0 heterocycles. The van der Waals surface area contributed by atoms with Crippen molar-refractivity contribution in [3.63, 3.8) is 0 Å². The van der Waals surface area contributed by atoms with Crippen LogP contribution in [-0.2, 0) is 27.8 Å². The van der Waals surface area contributed by atoms with Gasteiger partial charge in [0.2, 0.25) is 0 Å². The Hall–Kier alpha value is -0.530. The molecule has 1 unspecified atom stereocenters. The molecule has 0 rings (SSSR count). The molecule has 0 aromatic carbocycles. The Morgan fingerprint density at radius 2 is 1.79 bits per heavy atom. The van der Waals surface area contributed by atoms with E-state index in [0.717, 1.165) is 0 Å². The van der Waals surface area contributed by atoms with Crippen LogP contribution in [-0.4, -0.2) is 20.6 Å². The van der Waals surface area contributed by atoms with Crippen molar-refractivity contribution in [1.29, 1.82) is 0 Å². The molecule has 9 nitrogen and oxygen atoms in total. The summed E-state index contributed by atoms with van der Waals surface area (Å²) in [5.41, 5.74) is 0. The van der Waals surface area contributed by atoms with Crippen molar-refractivity contribution >= 4 is 21.6 Å². The van der Waals surface area contributed by atoms with E-state index in [0.29, 0.717) is 6.08 Å². The molecule has 11 heteroatoms. The molecule has 0 saturated carbocycles. The molecule has 0 aliphatic rings. The van der Waals surface area contributed by atoms with Gasteiger partial charge in [-0.2, -0.15) is 4.31 Å². The molecule has 0 aromatic heterocycles. The van der Waals surface area contributed by atoms with Crippen molar-refractivity contribution in [2.75, 3.05) is 0 Å². The van der Waals surface area contributed by atoms with Crippen molar-refractivity contribution in [1.82, 2.24) is 0 Å². The molecule has 0 amide bonds. The fraction of sp³-hybridized carbons (Fsp3) is 0. The summed E-state index contributed by atoms with van der Waals surface area (Å²) >= 11 is 0. The minimum Gasteiger partial charge on any atom is -0.302 e. The van der Waals surface area contributed by atoms with Gasteiger partial charge in [0.1, 0.15) is 0 Å². The highest BCUT2D eigenvalue weighted by molar-refractivity contribution is 7.60. The van der Waals surface area contributed by atoms with E-state index in [1.807, 2.05) is 0 Å². The normalized spacial score (nSPS) is 15.6. The van der Waals surface area contributed by atoms with Gasteiger partial charge in [-0.1, -0.05) is 11.3 Å². The smallest absolute Gasteiger partial charge is 0.302 e. The van der Waals surface area contributed by atoms with Gasteiger partial charge in [0, 0.05) is 6.08 Å². The van der Waals surface area contributed by atoms with Crippen molar-refractivity contribution in [2.24, 2.45) is 0 Å². The van der Waals surface area contributed by atoms with Crippen LogP contribution in [0.15, 0.2) is 12.7 Å². The summed E-state index contributed by atoms with van der Waals surface area (Å²) in [6.45, 7) is 2.92. The second kappa shape index (κ2) is 4.81. The zero-order chi connectivity index (χ0) is 11.4. The monoisotopic (exact) mass is 248 g/mol. The highest BCUT2D eigenvalue weighted by atomic mass is 31.3. The number of hydrogen-bond acceptors (Lipinski definition) is 6. The molecule has 0 aliphatic carbocycles. The van der Waals surface area contributed by atoms with Crippen molar-refractivity contribution in [3.8, 4) is 0 Å². The summed E-state index contributed by atoms with van der Waals surface area (Å²) < 4.78 is 27.3. The van der Waals surface area contributed by atoms with Crippen LogP contribution in [0.5, 0.6) is 0 Å². The maximum atomic E-state index is 10.6. The van der Waals surface area contributed by atoms with Crippen LogP contribution in [0.4, 0.5) is 0 Å². The first-order chi connectivity index (χ1) is 6.16. The maximum Gasteiger partial charge on any atom is 0.517 e. The third-order valence-electron chi connectivity index (χ3n) is 0.590. The fourth-order valence-electron chi connectivity index (χ4n) is 0.266. The van der Waals surface area contributed by atoms with Gasteiger partial charge >= 0.3 is 21.6 Å². The Morgan fingerprint density at radius 1 is 1.29 bits per heavy atom. The number of rotatable bonds is 5. The zero-order valence-corrected chi connectivity index (χ0v) is 8.26. The van der Waals surface area contributed by atoms with E-state index < -0.39 is 21.6 Å². The maximum absolute atomic E-state index is 10.6. The first-order valence-electron chi connectivity index (χ1n) is 2.78. The van der Waals surface area contributed by atoms with Crippen LogP contribution in [0.2, 0.25) is 0 Å². The van der Waals surface area contributed by atoms with Crippen LogP contribution < -0.4 is 0 Å². The van der Waals surface area contributed by atoms with Gasteiger partial charge in [0.25, 0.3) is 0 Å². The van der Waals surface area contributed by atoms with E-state index in [4.69, 9.17) is 14.7 Å². The Balaban J connectivity index is 4.22. The van der Waals surface area contributed by atoms with Crippen LogP contribution >= 0.6 is 15.6 Å². The third-order valence-corrected chi connectivity index (χ3v) is 2.53. The lowest BCUT2D eigenvalue weighted by molar-refractivity contribution is -0.215. The van der Waals surface area contributed by atoms with Gasteiger partial charge in [-0.25, -0.2) is 13.9 Å². The van der Waals surface area contributed by atoms with Crippen molar-refractivity contribution < 1.29 is 42.5 Å². The molecule has 14 heavy (non-hydrogen) atoms. The lowest BCUT2D eigenvalue weighted by Gasteiger charge is -2.09. The molecule has 3 N–H and O–H groups in total. The van der Waals surface area contributed by atoms with Gasteiger partial charge in [0.15, 0.2) is 0 Å². The molecular weight excluding hydrogens is 242 g/mol. The minimum absolute atomic E-state index is 0.595. The lowest BCUT2D eigenvalue weighted by atomic mass is 10.7. The molecule has 0 aliphatic heterocycles. The van der Waals surface area contributed by atoms with E-state index in [1.54, 1.807) is 0 Å². The summed E-state index contributed by atoms with van der Waals surface area (Å²) in [5.74, 6) is -1.23. The lowest BCUT2D eigenvalue weighted by Crippen LogP contribution is -2.01. The molecule has 0 saturated heterocycles. The molecule has 0 aromatic rings. The summed E-state index contributed by atoms with van der Waals surface area (Å²) in [5, 5.41) is 0. The molecular formula is C3H6O9P2. The van der Waals surface area contributed by atoms with E-state index in [2.05, 4.69) is 20.5 Å². The van der Waals surface area contributed by atoms with E-state index in [-0.39, 0.29) is 0 Å². The van der Waals surface area contributed by atoms with Crippen molar-refractivity contribution in [2.45, 2.75) is 0 Å². The highest BCUT2D eigenvalue weighted by Gasteiger charge is 2.34. The van der Waals surface area contributed by atoms with Gasteiger partial charge < -0.3 is 14.7 Å². The van der Waals surface area contributed by atoms with Crippen LogP contribution in [0.1, 0.15) is 0 Å². The van der Waals surface area contributed by atoms with Gasteiger partial charge in [-0.15, -0.1) is 0 Å². The van der Waals surface area contributed by atoms with E-state index in [9.17, 15) is 13.9 Å². The summed E-state index contributed by atoms with van der Waals surface area (Å²) in [4.78, 5) is 38.5. The summed E-state index contributed by atoms with van der Waals surface area (Å²) in [6, 6.07) is 0. The topological polar surface area (TPSA) is 140 Å². The molecule has 1 atom stereocenters. The zero-order valence-electron chi connectivity index (χ0n) is 6.47. The number of phosphoric acid groups is 2. The quantitative estimate of drug-likeness (QED) is 0.262. The Bertz CT molecular complexity index is 314. The Morgan fingerprint density at radius 3 is 2.14 bits per heavy atom. The summed E-state index contributed by atoms with van der Waals surface area (Å²) in [7, 11) is -10.3. The third kappa shape index (κ3) is 6.93. The first kappa shape index (κ1) is 13.5.